The minimum absolute atomic E-state index is 0.137. The number of aliphatic imine (C=N–C) groups is 1. The van der Waals surface area contributed by atoms with Crippen molar-refractivity contribution in [1.29, 1.82) is 0 Å². The van der Waals surface area contributed by atoms with Crippen molar-refractivity contribution in [2.45, 2.75) is 19.0 Å². The van der Waals surface area contributed by atoms with E-state index in [2.05, 4.69) is 15.6 Å². The topological polar surface area (TPSA) is 95.5 Å². The maximum Gasteiger partial charge on any atom is 0.421 e. The van der Waals surface area contributed by atoms with Gasteiger partial charge >= 0.3 is 6.18 Å². The third-order valence-corrected chi connectivity index (χ3v) is 7.78. The van der Waals surface area contributed by atoms with Crippen LogP contribution in [0, 0.1) is 0 Å². The highest BCUT2D eigenvalue weighted by Crippen LogP contribution is 2.39. The number of allylic oxidation sites excluding steroid dienone is 3. The number of hydrogen-bond acceptors (Lipinski definition) is 7. The van der Waals surface area contributed by atoms with Crippen molar-refractivity contribution in [3.63, 3.8) is 0 Å². The molecule has 2 aromatic rings. The molecule has 2 aliphatic rings. The van der Waals surface area contributed by atoms with Crippen molar-refractivity contribution in [3.05, 3.63) is 88.1 Å². The molecule has 13 heteroatoms. The predicted molar refractivity (Wildman–Crippen MR) is 162 cm³/mol. The molecule has 43 heavy (non-hydrogen) atoms. The van der Waals surface area contributed by atoms with Crippen LogP contribution < -0.4 is 15.4 Å². The first-order chi connectivity index (χ1) is 20.4. The molecule has 0 bridgehead atoms. The molecule has 4 rings (SSSR count). The van der Waals surface area contributed by atoms with Gasteiger partial charge in [-0.05, 0) is 43.9 Å². The Kier molecular flexibility index (Phi) is 9.97. The van der Waals surface area contributed by atoms with Crippen LogP contribution in [-0.2, 0) is 22.1 Å². The van der Waals surface area contributed by atoms with Crippen LogP contribution in [0.3, 0.4) is 0 Å². The molecule has 0 radical (unpaired) electrons. The number of anilines is 1. The van der Waals surface area contributed by atoms with Gasteiger partial charge < -0.3 is 25.0 Å². The third-order valence-electron chi connectivity index (χ3n) is 6.82. The number of amides is 1. The second-order valence-electron chi connectivity index (χ2n) is 10.1. The van der Waals surface area contributed by atoms with E-state index in [0.29, 0.717) is 35.8 Å². The van der Waals surface area contributed by atoms with Crippen LogP contribution >= 0.6 is 0 Å². The summed E-state index contributed by atoms with van der Waals surface area (Å²) >= 11 is 0. The second kappa shape index (κ2) is 13.5. The van der Waals surface area contributed by atoms with E-state index in [1.807, 2.05) is 43.3 Å². The molecule has 1 amide bonds. The van der Waals surface area contributed by atoms with E-state index in [0.717, 1.165) is 17.3 Å². The van der Waals surface area contributed by atoms with Gasteiger partial charge in [0.15, 0.2) is 0 Å². The van der Waals surface area contributed by atoms with Crippen molar-refractivity contribution in [2.24, 2.45) is 4.99 Å². The van der Waals surface area contributed by atoms with Crippen LogP contribution in [0.15, 0.2) is 76.4 Å². The first-order valence-corrected chi connectivity index (χ1v) is 14.9. The molecule has 0 spiro atoms. The first-order valence-electron chi connectivity index (χ1n) is 13.4. The highest BCUT2D eigenvalue weighted by Gasteiger charge is 2.38. The van der Waals surface area contributed by atoms with Gasteiger partial charge in [0.1, 0.15) is 39.6 Å². The van der Waals surface area contributed by atoms with Crippen molar-refractivity contribution in [2.75, 3.05) is 52.9 Å². The second-order valence-corrected chi connectivity index (χ2v) is 11.5. The molecule has 2 N–H and O–H groups in total. The average Bonchev–Trinajstić information content (AvgIpc) is 3.18. The van der Waals surface area contributed by atoms with Gasteiger partial charge in [0, 0.05) is 56.6 Å². The van der Waals surface area contributed by atoms with Crippen molar-refractivity contribution in [3.8, 4) is 5.75 Å². The number of rotatable bonds is 11. The number of carbonyl (C=O) groups is 1. The van der Waals surface area contributed by atoms with Gasteiger partial charge in [0.05, 0.1) is 18.5 Å². The summed E-state index contributed by atoms with van der Waals surface area (Å²) in [5.74, 6) is 0.113. The van der Waals surface area contributed by atoms with Gasteiger partial charge in [0.2, 0.25) is 0 Å². The largest absolute Gasteiger partial charge is 0.495 e. The van der Waals surface area contributed by atoms with Crippen LogP contribution in [0.1, 0.15) is 27.9 Å². The molecule has 0 saturated heterocycles. The zero-order valence-corrected chi connectivity index (χ0v) is 25.4. The molecule has 0 fully saturated rings. The molecule has 9 nitrogen and oxygen atoms in total. The molecule has 1 aliphatic carbocycles. The normalized spacial score (nSPS) is 15.6. The number of methoxy groups -OCH3 is 1. The molecule has 230 valence electrons. The number of nitrogens with one attached hydrogen (secondary N) is 2. The van der Waals surface area contributed by atoms with Crippen molar-refractivity contribution in [1.82, 2.24) is 14.5 Å². The van der Waals surface area contributed by atoms with Crippen LogP contribution in [0.2, 0.25) is 0 Å². The monoisotopic (exact) mass is 617 g/mol. The van der Waals surface area contributed by atoms with E-state index in [4.69, 9.17) is 9.47 Å². The number of ether oxygens (including phenoxy) is 2. The Morgan fingerprint density at radius 2 is 1.86 bits per heavy atom. The van der Waals surface area contributed by atoms with Gasteiger partial charge in [-0.3, -0.25) is 9.10 Å². The Morgan fingerprint density at radius 3 is 2.53 bits per heavy atom. The molecule has 1 atom stereocenters. The molecular weight excluding hydrogens is 583 g/mol. The van der Waals surface area contributed by atoms with E-state index in [1.54, 1.807) is 25.2 Å². The van der Waals surface area contributed by atoms with Crippen LogP contribution in [0.5, 0.6) is 5.75 Å². The number of carbonyl (C=O) groups excluding carboxylic acids is 1. The van der Waals surface area contributed by atoms with Crippen molar-refractivity contribution < 1.29 is 31.6 Å². The maximum absolute atomic E-state index is 14.2. The van der Waals surface area contributed by atoms with Crippen molar-refractivity contribution >= 4 is 34.5 Å². The lowest BCUT2D eigenvalue weighted by molar-refractivity contribution is -0.0885. The van der Waals surface area contributed by atoms with Gasteiger partial charge in [-0.25, -0.2) is 9.20 Å². The van der Waals surface area contributed by atoms with E-state index in [-0.39, 0.29) is 36.1 Å². The van der Waals surface area contributed by atoms with Gasteiger partial charge in [-0.15, -0.1) is 0 Å². The SMILES string of the molecule is COc1cc(C(=O)NCCN(C)C)ccc1NC1=CCC(OC2=C(N(C)S(C)=O)c3ccccc3C2)=C(C(F)(F)F)C=N1. The number of halogens is 3. The quantitative estimate of drug-likeness (QED) is 0.380. The zero-order chi connectivity index (χ0) is 31.3. The smallest absolute Gasteiger partial charge is 0.421 e. The Hall–Kier alpha value is -4.10. The molecule has 1 unspecified atom stereocenters. The van der Waals surface area contributed by atoms with Crippen LogP contribution in [-0.4, -0.2) is 79.3 Å². The van der Waals surface area contributed by atoms with Crippen LogP contribution in [0.4, 0.5) is 18.9 Å². The fourth-order valence-corrected chi connectivity index (χ4v) is 5.01. The summed E-state index contributed by atoms with van der Waals surface area (Å²) in [5.41, 5.74) is 1.85. The highest BCUT2D eigenvalue weighted by molar-refractivity contribution is 7.82. The lowest BCUT2D eigenvalue weighted by Crippen LogP contribution is -2.31. The fraction of sp³-hybridized carbons (Fsp3) is 0.333. The van der Waals surface area contributed by atoms with E-state index < -0.39 is 22.7 Å². The summed E-state index contributed by atoms with van der Waals surface area (Å²) in [6.45, 7) is 1.14. The number of hydrogen-bond donors (Lipinski definition) is 2. The molecule has 0 saturated carbocycles. The summed E-state index contributed by atoms with van der Waals surface area (Å²) < 4.78 is 67.9. The summed E-state index contributed by atoms with van der Waals surface area (Å²) in [5, 5.41) is 5.82. The number of alkyl halides is 3. The van der Waals surface area contributed by atoms with Gasteiger partial charge in [-0.2, -0.15) is 13.2 Å². The maximum atomic E-state index is 14.2. The standard InChI is InChI=1S/C30H34F3N5O4S/c1-37(2)15-14-34-29(39)20-10-11-23(25(17-20)41-4)36-27-13-12-24(22(18-35-27)30(31,32)33)42-26-16-19-8-6-7-9-21(19)28(26)38(3)43(5)40/h6-11,13,17-18,36H,12,14-16H2,1-5H3,(H,34,39). The van der Waals surface area contributed by atoms with E-state index in [1.165, 1.54) is 23.7 Å². The Morgan fingerprint density at radius 1 is 1.12 bits per heavy atom. The minimum atomic E-state index is -4.74. The first kappa shape index (κ1) is 31.8. The molecule has 1 aliphatic heterocycles. The molecule has 0 aromatic heterocycles. The summed E-state index contributed by atoms with van der Waals surface area (Å²) in [6.07, 6.45) is -1.02. The lowest BCUT2D eigenvalue weighted by atomic mass is 10.1. The molecule has 2 aromatic carbocycles. The van der Waals surface area contributed by atoms with Gasteiger partial charge in [0.25, 0.3) is 5.91 Å². The third kappa shape index (κ3) is 7.65. The Labute approximate surface area is 251 Å². The number of likely N-dealkylation sites (N-methyl/N-ethyl adjacent to an activating group) is 1. The zero-order valence-electron chi connectivity index (χ0n) is 24.5. The summed E-state index contributed by atoms with van der Waals surface area (Å²) in [4.78, 5) is 18.5. The average molecular weight is 618 g/mol. The number of fused-ring (bicyclic) bond motifs is 1. The molecular formula is C30H34F3N5O4S. The molecule has 1 heterocycles. The summed E-state index contributed by atoms with van der Waals surface area (Å²) in [6, 6.07) is 12.1. The summed E-state index contributed by atoms with van der Waals surface area (Å²) in [7, 11) is 5.41. The Balaban J connectivity index is 1.59. The highest BCUT2D eigenvalue weighted by atomic mass is 32.2. The predicted octanol–water partition coefficient (Wildman–Crippen LogP) is 4.70. The fourth-order valence-electron chi connectivity index (χ4n) is 4.56. The number of benzene rings is 2. The van der Waals surface area contributed by atoms with Gasteiger partial charge in [-0.1, -0.05) is 24.3 Å². The minimum Gasteiger partial charge on any atom is -0.495 e. The Bertz CT molecular complexity index is 1530. The van der Waals surface area contributed by atoms with E-state index in [9.17, 15) is 22.2 Å². The lowest BCUT2D eigenvalue weighted by Gasteiger charge is -2.21. The number of nitrogens with zero attached hydrogens (tertiary/aromatic N) is 3. The van der Waals surface area contributed by atoms with Crippen LogP contribution in [0.25, 0.3) is 5.70 Å². The van der Waals surface area contributed by atoms with E-state index >= 15 is 0 Å².